The fraction of sp³-hybridized carbons (Fsp3) is 0.500. The first-order chi connectivity index (χ1) is 9.30. The lowest BCUT2D eigenvalue weighted by atomic mass is 10.0. The van der Waals surface area contributed by atoms with Gasteiger partial charge in [-0.15, -0.1) is 0 Å². The molecule has 0 bridgehead atoms. The molecule has 0 aliphatic heterocycles. The van der Waals surface area contributed by atoms with Crippen molar-refractivity contribution in [2.45, 2.75) is 39.7 Å². The highest BCUT2D eigenvalue weighted by molar-refractivity contribution is 5.95. The van der Waals surface area contributed by atoms with E-state index in [0.29, 0.717) is 6.61 Å². The molecule has 0 radical (unpaired) electrons. The van der Waals surface area contributed by atoms with Gasteiger partial charge >= 0.3 is 5.69 Å². The first-order valence-corrected chi connectivity index (χ1v) is 6.54. The number of hydrogen-bond acceptors (Lipinski definition) is 4. The number of amides is 1. The van der Waals surface area contributed by atoms with Crippen molar-refractivity contribution in [3.8, 4) is 5.75 Å². The van der Waals surface area contributed by atoms with Crippen molar-refractivity contribution in [2.24, 2.45) is 0 Å². The second-order valence-electron chi connectivity index (χ2n) is 5.06. The van der Waals surface area contributed by atoms with Crippen LogP contribution in [0.2, 0.25) is 0 Å². The van der Waals surface area contributed by atoms with E-state index in [2.05, 4.69) is 5.32 Å². The summed E-state index contributed by atoms with van der Waals surface area (Å²) >= 11 is 0. The van der Waals surface area contributed by atoms with Gasteiger partial charge in [0.1, 0.15) is 0 Å². The van der Waals surface area contributed by atoms with Crippen LogP contribution in [0.15, 0.2) is 18.2 Å². The zero-order chi connectivity index (χ0) is 15.3. The van der Waals surface area contributed by atoms with Gasteiger partial charge in [-0.3, -0.25) is 14.9 Å². The molecule has 0 aromatic heterocycles. The van der Waals surface area contributed by atoms with E-state index in [1.165, 1.54) is 18.2 Å². The summed E-state index contributed by atoms with van der Waals surface area (Å²) < 4.78 is 5.18. The molecular formula is C14H20N2O4. The van der Waals surface area contributed by atoms with E-state index in [1.807, 2.05) is 20.8 Å². The predicted octanol–water partition coefficient (Wildman–Crippen LogP) is 2.91. The minimum absolute atomic E-state index is 0.170. The van der Waals surface area contributed by atoms with E-state index in [0.717, 1.165) is 6.42 Å². The van der Waals surface area contributed by atoms with E-state index < -0.39 is 4.92 Å². The highest BCUT2D eigenvalue weighted by Crippen LogP contribution is 2.28. The van der Waals surface area contributed by atoms with Crippen molar-refractivity contribution < 1.29 is 14.5 Å². The Morgan fingerprint density at radius 2 is 2.05 bits per heavy atom. The maximum atomic E-state index is 12.1. The molecule has 110 valence electrons. The number of nitro groups is 1. The number of rotatable bonds is 6. The molecular weight excluding hydrogens is 260 g/mol. The number of ether oxygens (including phenoxy) is 1. The van der Waals surface area contributed by atoms with Gasteiger partial charge in [0.2, 0.25) is 0 Å². The molecule has 0 fully saturated rings. The summed E-state index contributed by atoms with van der Waals surface area (Å²) in [5.41, 5.74) is -0.305. The number of carbonyl (C=O) groups is 1. The lowest BCUT2D eigenvalue weighted by molar-refractivity contribution is -0.385. The van der Waals surface area contributed by atoms with E-state index in [4.69, 9.17) is 4.74 Å². The highest BCUT2D eigenvalue weighted by atomic mass is 16.6. The second-order valence-corrected chi connectivity index (χ2v) is 5.06. The van der Waals surface area contributed by atoms with Gasteiger partial charge in [-0.05, 0) is 39.3 Å². The summed E-state index contributed by atoms with van der Waals surface area (Å²) in [4.78, 5) is 22.5. The van der Waals surface area contributed by atoms with Crippen LogP contribution in [-0.4, -0.2) is 23.0 Å². The summed E-state index contributed by atoms with van der Waals surface area (Å²) in [5, 5.41) is 13.8. The molecule has 0 aliphatic rings. The quantitative estimate of drug-likeness (QED) is 0.641. The molecule has 0 spiro atoms. The first kappa shape index (κ1) is 15.9. The predicted molar refractivity (Wildman–Crippen MR) is 76.1 cm³/mol. The monoisotopic (exact) mass is 280 g/mol. The van der Waals surface area contributed by atoms with Gasteiger partial charge in [-0.2, -0.15) is 0 Å². The van der Waals surface area contributed by atoms with Crippen LogP contribution in [0.3, 0.4) is 0 Å². The third kappa shape index (κ3) is 3.94. The summed E-state index contributed by atoms with van der Waals surface area (Å²) in [6, 6.07) is 4.22. The average molecular weight is 280 g/mol. The fourth-order valence-corrected chi connectivity index (χ4v) is 1.55. The normalized spacial score (nSPS) is 11.0. The van der Waals surface area contributed by atoms with Gasteiger partial charge in [-0.25, -0.2) is 0 Å². The smallest absolute Gasteiger partial charge is 0.311 e. The van der Waals surface area contributed by atoms with Crippen molar-refractivity contribution >= 4 is 11.6 Å². The summed E-state index contributed by atoms with van der Waals surface area (Å²) in [7, 11) is 0. The third-order valence-corrected chi connectivity index (χ3v) is 3.05. The minimum Gasteiger partial charge on any atom is -0.487 e. The van der Waals surface area contributed by atoms with E-state index in [-0.39, 0.29) is 28.4 Å². The molecule has 0 heterocycles. The van der Waals surface area contributed by atoms with Crippen molar-refractivity contribution in [3.05, 3.63) is 33.9 Å². The summed E-state index contributed by atoms with van der Waals surface area (Å²) in [6.45, 7) is 7.83. The van der Waals surface area contributed by atoms with Crippen LogP contribution in [0.4, 0.5) is 5.69 Å². The third-order valence-electron chi connectivity index (χ3n) is 3.05. The lowest BCUT2D eigenvalue weighted by Gasteiger charge is -2.24. The molecule has 0 atom stereocenters. The minimum atomic E-state index is -0.549. The number of benzene rings is 1. The lowest BCUT2D eigenvalue weighted by Crippen LogP contribution is -2.42. The number of carbonyl (C=O) groups excluding carboxylic acids is 1. The van der Waals surface area contributed by atoms with Gasteiger partial charge in [0.05, 0.1) is 11.5 Å². The Morgan fingerprint density at radius 1 is 1.40 bits per heavy atom. The van der Waals surface area contributed by atoms with Gasteiger partial charge < -0.3 is 10.1 Å². The van der Waals surface area contributed by atoms with Gasteiger partial charge in [0.15, 0.2) is 5.75 Å². The van der Waals surface area contributed by atoms with Crippen LogP contribution >= 0.6 is 0 Å². The zero-order valence-electron chi connectivity index (χ0n) is 12.2. The Balaban J connectivity index is 3.06. The van der Waals surface area contributed by atoms with E-state index in [1.54, 1.807) is 6.92 Å². The Kier molecular flexibility index (Phi) is 5.07. The zero-order valence-corrected chi connectivity index (χ0v) is 12.2. The standard InChI is InChI=1S/C14H20N2O4/c1-5-14(3,4)15-13(17)10-7-8-12(20-6-2)11(9-10)16(18)19/h7-9H,5-6H2,1-4H3,(H,15,17). The van der Waals surface area contributed by atoms with E-state index >= 15 is 0 Å². The van der Waals surface area contributed by atoms with Gasteiger partial charge in [-0.1, -0.05) is 6.92 Å². The topological polar surface area (TPSA) is 81.5 Å². The van der Waals surface area contributed by atoms with Crippen molar-refractivity contribution in [1.82, 2.24) is 5.32 Å². The maximum Gasteiger partial charge on any atom is 0.311 e. The Bertz CT molecular complexity index is 512. The molecule has 0 aliphatic carbocycles. The molecule has 1 N–H and O–H groups in total. The molecule has 6 heteroatoms. The van der Waals surface area contributed by atoms with Gasteiger partial charge in [0.25, 0.3) is 5.91 Å². The second kappa shape index (κ2) is 6.36. The number of nitro benzene ring substituents is 1. The molecule has 20 heavy (non-hydrogen) atoms. The molecule has 1 amide bonds. The largest absolute Gasteiger partial charge is 0.487 e. The van der Waals surface area contributed by atoms with Crippen molar-refractivity contribution in [3.63, 3.8) is 0 Å². The number of nitrogens with zero attached hydrogens (tertiary/aromatic N) is 1. The number of nitrogens with one attached hydrogen (secondary N) is 1. The van der Waals surface area contributed by atoms with E-state index in [9.17, 15) is 14.9 Å². The van der Waals surface area contributed by atoms with Crippen LogP contribution in [0.1, 0.15) is 44.5 Å². The molecule has 1 aromatic rings. The molecule has 1 aromatic carbocycles. The molecule has 1 rings (SSSR count). The SMILES string of the molecule is CCOc1ccc(C(=O)NC(C)(C)CC)cc1[N+](=O)[O-]. The Labute approximate surface area is 118 Å². The molecule has 0 saturated carbocycles. The molecule has 6 nitrogen and oxygen atoms in total. The Morgan fingerprint density at radius 3 is 2.55 bits per heavy atom. The van der Waals surface area contributed by atoms with Crippen LogP contribution < -0.4 is 10.1 Å². The van der Waals surface area contributed by atoms with Crippen molar-refractivity contribution in [2.75, 3.05) is 6.61 Å². The molecule has 0 saturated heterocycles. The molecule has 0 unspecified atom stereocenters. The average Bonchev–Trinajstić information content (AvgIpc) is 2.38. The summed E-state index contributed by atoms with van der Waals surface area (Å²) in [5.74, 6) is -0.160. The highest BCUT2D eigenvalue weighted by Gasteiger charge is 2.22. The Hall–Kier alpha value is -2.11. The van der Waals surface area contributed by atoms with Crippen LogP contribution in [0.5, 0.6) is 5.75 Å². The van der Waals surface area contributed by atoms with Crippen LogP contribution in [0.25, 0.3) is 0 Å². The van der Waals surface area contributed by atoms with Crippen molar-refractivity contribution in [1.29, 1.82) is 0 Å². The van der Waals surface area contributed by atoms with Crippen LogP contribution in [-0.2, 0) is 0 Å². The fourth-order valence-electron chi connectivity index (χ4n) is 1.55. The van der Waals surface area contributed by atoms with Crippen LogP contribution in [0, 0.1) is 10.1 Å². The number of hydrogen-bond donors (Lipinski definition) is 1. The first-order valence-electron chi connectivity index (χ1n) is 6.54. The maximum absolute atomic E-state index is 12.1. The van der Waals surface area contributed by atoms with Gasteiger partial charge in [0, 0.05) is 17.2 Å². The summed E-state index contributed by atoms with van der Waals surface area (Å²) in [6.07, 6.45) is 0.762.